The number of carbonyl (C=O) groups is 1. The van der Waals surface area contributed by atoms with Crippen LogP contribution in [0.15, 0.2) is 24.3 Å². The van der Waals surface area contributed by atoms with E-state index in [9.17, 15) is 4.79 Å². The highest BCUT2D eigenvalue weighted by Crippen LogP contribution is 2.34. The normalized spacial score (nSPS) is 20.9. The van der Waals surface area contributed by atoms with Crippen LogP contribution in [0, 0.1) is 11.8 Å². The molecule has 0 atom stereocenters. The lowest BCUT2D eigenvalue weighted by Crippen LogP contribution is -2.14. The summed E-state index contributed by atoms with van der Waals surface area (Å²) in [5, 5.41) is 8.91. The molecular weight excluding hydrogens is 296 g/mol. The van der Waals surface area contributed by atoms with E-state index in [1.807, 2.05) is 12.1 Å². The van der Waals surface area contributed by atoms with Crippen LogP contribution in [0.2, 0.25) is 0 Å². The minimum absolute atomic E-state index is 0.384. The number of benzene rings is 1. The second-order valence-electron chi connectivity index (χ2n) is 7.63. The Morgan fingerprint density at radius 3 is 1.96 bits per heavy atom. The number of aryl methyl sites for hydroxylation is 1. The molecule has 0 radical (unpaired) electrons. The molecule has 1 N–H and O–H groups in total. The molecule has 1 aliphatic carbocycles. The molecule has 0 amide bonds. The summed E-state index contributed by atoms with van der Waals surface area (Å²) in [5.74, 6) is 1.13. The number of carboxylic acids is 1. The molecule has 24 heavy (non-hydrogen) atoms. The molecule has 1 fully saturated rings. The Labute approximate surface area is 147 Å². The summed E-state index contributed by atoms with van der Waals surface area (Å²) in [7, 11) is 0. The molecular formula is C22H34O2. The topological polar surface area (TPSA) is 37.3 Å². The van der Waals surface area contributed by atoms with Gasteiger partial charge < -0.3 is 5.11 Å². The minimum Gasteiger partial charge on any atom is -0.478 e. The average molecular weight is 331 g/mol. The zero-order valence-corrected chi connectivity index (χ0v) is 15.3. The standard InChI is InChI=1S/C22H34O2/c1-2-3-4-7-18-10-12-19(13-11-18)8-5-6-9-20-14-16-21(17-15-20)22(23)24/h14-19H,2-13H2,1H3,(H,23,24). The third kappa shape index (κ3) is 6.67. The highest BCUT2D eigenvalue weighted by Gasteiger charge is 2.20. The largest absolute Gasteiger partial charge is 0.478 e. The van der Waals surface area contributed by atoms with Gasteiger partial charge in [-0.25, -0.2) is 4.79 Å². The Balaban J connectivity index is 1.56. The maximum absolute atomic E-state index is 10.8. The summed E-state index contributed by atoms with van der Waals surface area (Å²) < 4.78 is 0. The van der Waals surface area contributed by atoms with Gasteiger partial charge in [0, 0.05) is 0 Å². The van der Waals surface area contributed by atoms with Crippen LogP contribution in [-0.4, -0.2) is 11.1 Å². The molecule has 0 aromatic heterocycles. The summed E-state index contributed by atoms with van der Waals surface area (Å²) in [6.07, 6.45) is 16.5. The number of carboxylic acid groups (broad SMARTS) is 1. The van der Waals surface area contributed by atoms with Crippen LogP contribution in [0.3, 0.4) is 0 Å². The lowest BCUT2D eigenvalue weighted by Gasteiger charge is -2.28. The maximum atomic E-state index is 10.8. The number of rotatable bonds is 10. The molecule has 0 spiro atoms. The lowest BCUT2D eigenvalue weighted by molar-refractivity contribution is 0.0697. The molecule has 0 bridgehead atoms. The van der Waals surface area contributed by atoms with Gasteiger partial charge in [-0.05, 0) is 42.4 Å². The van der Waals surface area contributed by atoms with E-state index in [0.29, 0.717) is 5.56 Å². The van der Waals surface area contributed by atoms with Crippen LogP contribution in [-0.2, 0) is 6.42 Å². The predicted octanol–water partition coefficient (Wildman–Crippen LogP) is 6.48. The van der Waals surface area contributed by atoms with Crippen molar-refractivity contribution in [2.75, 3.05) is 0 Å². The fraction of sp³-hybridized carbons (Fsp3) is 0.682. The average Bonchev–Trinajstić information content (AvgIpc) is 2.60. The summed E-state index contributed by atoms with van der Waals surface area (Å²) in [6.45, 7) is 2.29. The Morgan fingerprint density at radius 1 is 0.917 bits per heavy atom. The number of aromatic carboxylic acids is 1. The van der Waals surface area contributed by atoms with Gasteiger partial charge in [-0.1, -0.05) is 83.3 Å². The fourth-order valence-corrected chi connectivity index (χ4v) is 4.07. The van der Waals surface area contributed by atoms with E-state index in [1.165, 1.54) is 76.2 Å². The third-order valence-corrected chi connectivity index (χ3v) is 5.71. The molecule has 134 valence electrons. The van der Waals surface area contributed by atoms with Crippen molar-refractivity contribution in [2.24, 2.45) is 11.8 Å². The van der Waals surface area contributed by atoms with E-state index in [-0.39, 0.29) is 0 Å². The van der Waals surface area contributed by atoms with Crippen LogP contribution in [0.25, 0.3) is 0 Å². The van der Waals surface area contributed by atoms with Gasteiger partial charge in [-0.3, -0.25) is 0 Å². The third-order valence-electron chi connectivity index (χ3n) is 5.71. The maximum Gasteiger partial charge on any atom is 0.335 e. The van der Waals surface area contributed by atoms with Crippen molar-refractivity contribution >= 4 is 5.97 Å². The van der Waals surface area contributed by atoms with Gasteiger partial charge in [0.05, 0.1) is 5.56 Å². The number of hydrogen-bond acceptors (Lipinski definition) is 1. The van der Waals surface area contributed by atoms with E-state index in [1.54, 1.807) is 12.1 Å². The molecule has 2 nitrogen and oxygen atoms in total. The van der Waals surface area contributed by atoms with Crippen molar-refractivity contribution in [3.63, 3.8) is 0 Å². The van der Waals surface area contributed by atoms with E-state index in [0.717, 1.165) is 18.3 Å². The molecule has 0 aliphatic heterocycles. The van der Waals surface area contributed by atoms with Gasteiger partial charge >= 0.3 is 5.97 Å². The minimum atomic E-state index is -0.841. The monoisotopic (exact) mass is 330 g/mol. The molecule has 1 aromatic rings. The Hall–Kier alpha value is -1.31. The van der Waals surface area contributed by atoms with Gasteiger partial charge in [0.2, 0.25) is 0 Å². The van der Waals surface area contributed by atoms with Crippen molar-refractivity contribution in [1.82, 2.24) is 0 Å². The Kier molecular flexibility index (Phi) is 8.35. The van der Waals surface area contributed by atoms with Gasteiger partial charge in [-0.15, -0.1) is 0 Å². The van der Waals surface area contributed by atoms with Crippen LogP contribution in [0.1, 0.15) is 93.5 Å². The molecule has 0 heterocycles. The summed E-state index contributed by atoms with van der Waals surface area (Å²) in [4.78, 5) is 10.8. The number of unbranched alkanes of at least 4 members (excludes halogenated alkanes) is 3. The zero-order chi connectivity index (χ0) is 17.2. The van der Waals surface area contributed by atoms with E-state index in [4.69, 9.17) is 5.11 Å². The number of hydrogen-bond donors (Lipinski definition) is 1. The van der Waals surface area contributed by atoms with Gasteiger partial charge in [0.15, 0.2) is 0 Å². The van der Waals surface area contributed by atoms with Crippen LogP contribution >= 0.6 is 0 Å². The quantitative estimate of drug-likeness (QED) is 0.498. The van der Waals surface area contributed by atoms with Crippen molar-refractivity contribution in [3.8, 4) is 0 Å². The van der Waals surface area contributed by atoms with Crippen molar-refractivity contribution in [3.05, 3.63) is 35.4 Å². The molecule has 1 saturated carbocycles. The Bertz CT molecular complexity index is 469. The summed E-state index contributed by atoms with van der Waals surface area (Å²) >= 11 is 0. The first-order valence-corrected chi connectivity index (χ1v) is 10.0. The molecule has 1 aliphatic rings. The Morgan fingerprint density at radius 2 is 1.46 bits per heavy atom. The molecule has 2 rings (SSSR count). The SMILES string of the molecule is CCCCCC1CCC(CCCCc2ccc(C(=O)O)cc2)CC1. The van der Waals surface area contributed by atoms with Crippen LogP contribution in [0.4, 0.5) is 0 Å². The highest BCUT2D eigenvalue weighted by molar-refractivity contribution is 5.87. The predicted molar refractivity (Wildman–Crippen MR) is 101 cm³/mol. The second kappa shape index (κ2) is 10.5. The highest BCUT2D eigenvalue weighted by atomic mass is 16.4. The lowest BCUT2D eigenvalue weighted by atomic mass is 9.78. The van der Waals surface area contributed by atoms with Gasteiger partial charge in [-0.2, -0.15) is 0 Å². The summed E-state index contributed by atoms with van der Waals surface area (Å²) in [6, 6.07) is 7.37. The zero-order valence-electron chi connectivity index (χ0n) is 15.3. The molecule has 0 saturated heterocycles. The van der Waals surface area contributed by atoms with Crippen molar-refractivity contribution in [2.45, 2.75) is 84.0 Å². The second-order valence-corrected chi connectivity index (χ2v) is 7.63. The van der Waals surface area contributed by atoms with Crippen molar-refractivity contribution < 1.29 is 9.90 Å². The van der Waals surface area contributed by atoms with Gasteiger partial charge in [0.25, 0.3) is 0 Å². The molecule has 0 unspecified atom stereocenters. The van der Waals surface area contributed by atoms with Gasteiger partial charge in [0.1, 0.15) is 0 Å². The van der Waals surface area contributed by atoms with Crippen molar-refractivity contribution in [1.29, 1.82) is 0 Å². The van der Waals surface area contributed by atoms with E-state index >= 15 is 0 Å². The first-order valence-electron chi connectivity index (χ1n) is 10.0. The molecule has 1 aromatic carbocycles. The molecule has 2 heteroatoms. The van der Waals surface area contributed by atoms with E-state index in [2.05, 4.69) is 6.92 Å². The van der Waals surface area contributed by atoms with Crippen LogP contribution in [0.5, 0.6) is 0 Å². The van der Waals surface area contributed by atoms with Crippen LogP contribution < -0.4 is 0 Å². The first-order chi connectivity index (χ1) is 11.7. The smallest absolute Gasteiger partial charge is 0.335 e. The van der Waals surface area contributed by atoms with E-state index < -0.39 is 5.97 Å². The first kappa shape index (κ1) is 19.0. The fourth-order valence-electron chi connectivity index (χ4n) is 4.07. The summed E-state index contributed by atoms with van der Waals surface area (Å²) in [5.41, 5.74) is 1.65.